The number of nitrogens with zero attached hydrogens (tertiary/aromatic N) is 2. The molecule has 2 saturated carbocycles. The molecule has 4 aliphatic rings. The van der Waals surface area contributed by atoms with Gasteiger partial charge in [0.15, 0.2) is 0 Å². The number of benzene rings is 2. The van der Waals surface area contributed by atoms with Crippen molar-refractivity contribution in [3.63, 3.8) is 0 Å². The Morgan fingerprint density at radius 3 is 2.23 bits per heavy atom. The van der Waals surface area contributed by atoms with E-state index < -0.39 is 11.9 Å². The number of carbonyl (C=O) groups excluding carboxylic acids is 4. The standard InChI is InChI=1S/C26H22Cl2N2O5/c27-18-2-1-3-19(23(18)28)29-12-15(11-20(29)31)26(34)35-17-8-6-16(7-9-17)30-24(32)21-13-4-5-14(10-13)22(21)25(30)33/h1-3,6-9,13-15,21-22H,4-5,10-12H2/t13-,14-,15-,21-,22+/m0/s1. The second-order valence-electron chi connectivity index (χ2n) is 9.79. The summed E-state index contributed by atoms with van der Waals surface area (Å²) in [4.78, 5) is 54.1. The summed E-state index contributed by atoms with van der Waals surface area (Å²) in [6.07, 6.45) is 3.04. The van der Waals surface area contributed by atoms with Crippen molar-refractivity contribution in [3.8, 4) is 5.75 Å². The molecule has 3 amide bonds. The van der Waals surface area contributed by atoms with E-state index in [-0.39, 0.29) is 53.3 Å². The van der Waals surface area contributed by atoms with Crippen LogP contribution in [0.4, 0.5) is 11.4 Å². The molecule has 7 nitrogen and oxygen atoms in total. The van der Waals surface area contributed by atoms with Crippen LogP contribution >= 0.6 is 23.2 Å². The summed E-state index contributed by atoms with van der Waals surface area (Å²) in [5.41, 5.74) is 0.952. The summed E-state index contributed by atoms with van der Waals surface area (Å²) < 4.78 is 5.51. The van der Waals surface area contributed by atoms with Crippen molar-refractivity contribution in [2.24, 2.45) is 29.6 Å². The fraction of sp³-hybridized carbons (Fsp3) is 0.385. The lowest BCUT2D eigenvalue weighted by Crippen LogP contribution is -2.32. The van der Waals surface area contributed by atoms with Gasteiger partial charge in [0.25, 0.3) is 0 Å². The number of hydrogen-bond donors (Lipinski definition) is 0. The number of carbonyl (C=O) groups is 4. The first-order chi connectivity index (χ1) is 16.8. The molecule has 4 fully saturated rings. The molecule has 2 heterocycles. The fourth-order valence-electron chi connectivity index (χ4n) is 6.33. The van der Waals surface area contributed by atoms with Crippen LogP contribution in [-0.2, 0) is 19.2 Å². The quantitative estimate of drug-likeness (QED) is 0.342. The molecular formula is C26H22Cl2N2O5. The van der Waals surface area contributed by atoms with E-state index in [0.717, 1.165) is 19.3 Å². The molecule has 2 bridgehead atoms. The highest BCUT2D eigenvalue weighted by Gasteiger charge is 2.61. The van der Waals surface area contributed by atoms with Crippen molar-refractivity contribution in [3.05, 3.63) is 52.5 Å². The van der Waals surface area contributed by atoms with Crippen molar-refractivity contribution in [1.29, 1.82) is 0 Å². The Labute approximate surface area is 211 Å². The van der Waals surface area contributed by atoms with Crippen molar-refractivity contribution in [1.82, 2.24) is 0 Å². The van der Waals surface area contributed by atoms with E-state index in [9.17, 15) is 19.2 Å². The summed E-state index contributed by atoms with van der Waals surface area (Å²) in [6.45, 7) is 0.137. The SMILES string of the molecule is O=C(Oc1ccc(N2C(=O)[C@@H]3[C@H]4CC[C@@H](C4)[C@@H]3C2=O)cc1)[C@H]1CC(=O)N(c2cccc(Cl)c2Cl)C1. The summed E-state index contributed by atoms with van der Waals surface area (Å²) in [5, 5.41) is 0.588. The highest BCUT2D eigenvalue weighted by atomic mass is 35.5. The first kappa shape index (κ1) is 22.6. The smallest absolute Gasteiger partial charge is 0.316 e. The highest BCUT2D eigenvalue weighted by molar-refractivity contribution is 6.44. The zero-order valence-electron chi connectivity index (χ0n) is 18.7. The van der Waals surface area contributed by atoms with Crippen LogP contribution in [0.3, 0.4) is 0 Å². The second kappa shape index (κ2) is 8.35. The van der Waals surface area contributed by atoms with Crippen LogP contribution in [-0.4, -0.2) is 30.2 Å². The molecule has 0 spiro atoms. The van der Waals surface area contributed by atoms with Gasteiger partial charge in [-0.15, -0.1) is 0 Å². The number of esters is 1. The minimum absolute atomic E-state index is 0.00164. The van der Waals surface area contributed by atoms with Crippen molar-refractivity contribution in [2.45, 2.75) is 25.7 Å². The molecule has 2 aliphatic heterocycles. The maximum absolute atomic E-state index is 13.0. The Morgan fingerprint density at radius 1 is 0.914 bits per heavy atom. The van der Waals surface area contributed by atoms with Gasteiger partial charge in [0.2, 0.25) is 17.7 Å². The normalized spacial score (nSPS) is 29.3. The van der Waals surface area contributed by atoms with E-state index in [1.807, 2.05) is 0 Å². The number of rotatable bonds is 4. The Morgan fingerprint density at radius 2 is 1.57 bits per heavy atom. The van der Waals surface area contributed by atoms with Crippen LogP contribution in [0.25, 0.3) is 0 Å². The molecule has 6 rings (SSSR count). The average Bonchev–Trinajstić information content (AvgIpc) is 3.60. The number of halogens is 2. The molecule has 2 aromatic carbocycles. The van der Waals surface area contributed by atoms with Crippen LogP contribution < -0.4 is 14.5 Å². The van der Waals surface area contributed by atoms with Gasteiger partial charge >= 0.3 is 5.97 Å². The predicted octanol–water partition coefficient (Wildman–Crippen LogP) is 4.49. The topological polar surface area (TPSA) is 84.0 Å². The van der Waals surface area contributed by atoms with Crippen molar-refractivity contribution < 1.29 is 23.9 Å². The van der Waals surface area contributed by atoms with Crippen LogP contribution in [0.2, 0.25) is 10.0 Å². The van der Waals surface area contributed by atoms with Gasteiger partial charge in [0.1, 0.15) is 5.75 Å². The zero-order chi connectivity index (χ0) is 24.4. The third-order valence-electron chi connectivity index (χ3n) is 7.92. The molecule has 2 aromatic rings. The molecule has 2 saturated heterocycles. The molecule has 0 aromatic heterocycles. The molecular weight excluding hydrogens is 491 g/mol. The number of fused-ring (bicyclic) bond motifs is 5. The number of anilines is 2. The van der Waals surface area contributed by atoms with Gasteiger partial charge in [0, 0.05) is 13.0 Å². The molecule has 0 radical (unpaired) electrons. The van der Waals surface area contributed by atoms with Crippen molar-refractivity contribution in [2.75, 3.05) is 16.3 Å². The monoisotopic (exact) mass is 512 g/mol. The summed E-state index contributed by atoms with van der Waals surface area (Å²) in [5.74, 6) is -1.10. The first-order valence-corrected chi connectivity index (χ1v) is 12.5. The molecule has 0 unspecified atom stereocenters. The summed E-state index contributed by atoms with van der Waals surface area (Å²) >= 11 is 12.3. The third kappa shape index (κ3) is 3.55. The lowest BCUT2D eigenvalue weighted by atomic mass is 9.81. The average molecular weight is 513 g/mol. The largest absolute Gasteiger partial charge is 0.426 e. The predicted molar refractivity (Wildman–Crippen MR) is 129 cm³/mol. The van der Waals surface area contributed by atoms with Crippen molar-refractivity contribution >= 4 is 58.3 Å². The molecule has 9 heteroatoms. The summed E-state index contributed by atoms with van der Waals surface area (Å²) in [6, 6.07) is 11.4. The minimum Gasteiger partial charge on any atom is -0.426 e. The van der Waals surface area contributed by atoms with Gasteiger partial charge in [-0.05, 0) is 67.5 Å². The Hall–Kier alpha value is -2.90. The maximum Gasteiger partial charge on any atom is 0.316 e. The molecule has 0 N–H and O–H groups in total. The lowest BCUT2D eigenvalue weighted by molar-refractivity contribution is -0.139. The number of amides is 3. The van der Waals surface area contributed by atoms with Gasteiger partial charge in [-0.2, -0.15) is 0 Å². The van der Waals surface area contributed by atoms with E-state index in [2.05, 4.69) is 0 Å². The Kier molecular flexibility index (Phi) is 5.38. The number of hydrogen-bond acceptors (Lipinski definition) is 5. The Balaban J connectivity index is 1.13. The van der Waals surface area contributed by atoms with Crippen LogP contribution in [0.1, 0.15) is 25.7 Å². The number of ether oxygens (including phenoxy) is 1. The first-order valence-electron chi connectivity index (χ1n) is 11.8. The minimum atomic E-state index is -0.659. The second-order valence-corrected chi connectivity index (χ2v) is 10.6. The van der Waals surface area contributed by atoms with Crippen LogP contribution in [0.5, 0.6) is 5.75 Å². The van der Waals surface area contributed by atoms with Gasteiger partial charge in [-0.25, -0.2) is 0 Å². The highest BCUT2D eigenvalue weighted by Crippen LogP contribution is 2.56. The fourth-order valence-corrected chi connectivity index (χ4v) is 6.72. The van der Waals surface area contributed by atoms with E-state index in [1.165, 1.54) is 9.80 Å². The summed E-state index contributed by atoms with van der Waals surface area (Å²) in [7, 11) is 0. The maximum atomic E-state index is 13.0. The van der Waals surface area contributed by atoms with E-state index in [4.69, 9.17) is 27.9 Å². The van der Waals surface area contributed by atoms with Gasteiger partial charge in [0.05, 0.1) is 39.2 Å². The third-order valence-corrected chi connectivity index (χ3v) is 8.73. The van der Waals surface area contributed by atoms with E-state index >= 15 is 0 Å². The van der Waals surface area contributed by atoms with Gasteiger partial charge in [-0.1, -0.05) is 29.3 Å². The number of imide groups is 1. The van der Waals surface area contributed by atoms with Gasteiger partial charge < -0.3 is 9.64 Å². The molecule has 35 heavy (non-hydrogen) atoms. The molecule has 180 valence electrons. The molecule has 2 aliphatic carbocycles. The van der Waals surface area contributed by atoms with Crippen LogP contribution in [0, 0.1) is 29.6 Å². The lowest BCUT2D eigenvalue weighted by Gasteiger charge is -2.19. The van der Waals surface area contributed by atoms with E-state index in [0.29, 0.717) is 28.2 Å². The van der Waals surface area contributed by atoms with Gasteiger partial charge in [-0.3, -0.25) is 24.1 Å². The molecule has 5 atom stereocenters. The zero-order valence-corrected chi connectivity index (χ0v) is 20.2. The van der Waals surface area contributed by atoms with Crippen LogP contribution in [0.15, 0.2) is 42.5 Å². The Bertz CT molecular complexity index is 1230. The van der Waals surface area contributed by atoms with E-state index in [1.54, 1.807) is 42.5 Å².